The van der Waals surface area contributed by atoms with Crippen LogP contribution < -0.4 is 9.47 Å². The summed E-state index contributed by atoms with van der Waals surface area (Å²) < 4.78 is 23.3. The fraction of sp³-hybridized carbons (Fsp3) is 0.133. The smallest absolute Gasteiger partial charge is 0.169 e. The number of thiol groups is 1. The Hall–Kier alpha value is -3.55. The highest BCUT2D eigenvalue weighted by Crippen LogP contribution is 2.33. The maximum Gasteiger partial charge on any atom is 0.169 e. The van der Waals surface area contributed by atoms with Gasteiger partial charge >= 0.3 is 0 Å². The van der Waals surface area contributed by atoms with Crippen LogP contribution in [0, 0.1) is 5.82 Å². The molecule has 2 aliphatic heterocycles. The number of benzene rings is 4. The van der Waals surface area contributed by atoms with Crippen LogP contribution in [0.4, 0.5) is 4.39 Å². The maximum absolute atomic E-state index is 12.6. The van der Waals surface area contributed by atoms with Crippen molar-refractivity contribution in [3.63, 3.8) is 0 Å². The molecule has 0 radical (unpaired) electrons. The molecule has 188 valence electrons. The first-order valence-electron chi connectivity index (χ1n) is 11.7. The molecule has 0 saturated heterocycles. The van der Waals surface area contributed by atoms with Gasteiger partial charge < -0.3 is 9.47 Å². The second kappa shape index (κ2) is 13.1. The number of rotatable bonds is 2. The normalized spacial score (nSPS) is 13.4. The van der Waals surface area contributed by atoms with Crippen molar-refractivity contribution in [2.75, 3.05) is 13.2 Å². The van der Waals surface area contributed by atoms with Crippen LogP contribution in [0.5, 0.6) is 11.5 Å². The predicted molar refractivity (Wildman–Crippen MR) is 146 cm³/mol. The molecule has 0 aromatic heterocycles. The minimum Gasteiger partial charge on any atom is -0.492 e. The Labute approximate surface area is 225 Å². The topological polar surface area (TPSA) is 52.6 Å². The molecule has 4 aromatic carbocycles. The first-order valence-corrected chi connectivity index (χ1v) is 13.0. The molecule has 2 heterocycles. The van der Waals surface area contributed by atoms with Crippen LogP contribution in [0.2, 0.25) is 0 Å². The summed E-state index contributed by atoms with van der Waals surface area (Å²) >= 11 is 5.75. The zero-order chi connectivity index (χ0) is 26.0. The van der Waals surface area contributed by atoms with E-state index in [-0.39, 0.29) is 17.4 Å². The molecule has 4 aromatic rings. The van der Waals surface area contributed by atoms with Crippen LogP contribution in [0.15, 0.2) is 112 Å². The first-order chi connectivity index (χ1) is 18.0. The Morgan fingerprint density at radius 1 is 0.649 bits per heavy atom. The Morgan fingerprint density at radius 2 is 1.19 bits per heavy atom. The van der Waals surface area contributed by atoms with Crippen molar-refractivity contribution in [3.05, 3.63) is 114 Å². The fourth-order valence-corrected chi connectivity index (χ4v) is 4.63. The van der Waals surface area contributed by atoms with E-state index in [1.807, 2.05) is 66.7 Å². The Kier molecular flexibility index (Phi) is 9.40. The summed E-state index contributed by atoms with van der Waals surface area (Å²) in [6.07, 6.45) is 0.872. The van der Waals surface area contributed by atoms with Gasteiger partial charge in [0.05, 0.1) is 24.3 Å². The molecule has 6 rings (SSSR count). The van der Waals surface area contributed by atoms with Crippen molar-refractivity contribution in [3.8, 4) is 11.5 Å². The van der Waals surface area contributed by atoms with Gasteiger partial charge in [-0.15, -0.1) is 12.6 Å². The van der Waals surface area contributed by atoms with E-state index in [0.29, 0.717) is 48.7 Å². The summed E-state index contributed by atoms with van der Waals surface area (Å²) in [5, 5.41) is 0. The zero-order valence-electron chi connectivity index (χ0n) is 19.9. The van der Waals surface area contributed by atoms with Crippen molar-refractivity contribution in [2.24, 2.45) is 0 Å². The van der Waals surface area contributed by atoms with E-state index >= 15 is 0 Å². The van der Waals surface area contributed by atoms with Gasteiger partial charge in [-0.05, 0) is 54.6 Å². The Morgan fingerprint density at radius 3 is 1.76 bits per heavy atom. The standard InChI is InChI=1S/C15H12O2S.C9H7FO2.C6H6S/c16-14-8-9-17-15-10-12(6-7-13(14)15)18-11-4-2-1-3-5-11;10-6-1-2-7-8(11)3-4-12-9(7)5-6;7-6-4-2-1-3-5-6/h1-7,10H,8-9H2;1-2,5H,3-4H2;1-5,7H. The molecule has 0 amide bonds. The highest BCUT2D eigenvalue weighted by Gasteiger charge is 2.19. The minimum absolute atomic E-state index is 0.0243. The number of ketones is 2. The molecule has 0 bridgehead atoms. The summed E-state index contributed by atoms with van der Waals surface area (Å²) in [6, 6.07) is 29.7. The summed E-state index contributed by atoms with van der Waals surface area (Å²) in [5.41, 5.74) is 1.20. The van der Waals surface area contributed by atoms with Crippen molar-refractivity contribution in [1.29, 1.82) is 0 Å². The summed E-state index contributed by atoms with van der Waals surface area (Å²) in [4.78, 5) is 26.2. The van der Waals surface area contributed by atoms with Crippen LogP contribution in [-0.2, 0) is 0 Å². The summed E-state index contributed by atoms with van der Waals surface area (Å²) in [6.45, 7) is 0.848. The van der Waals surface area contributed by atoms with Crippen molar-refractivity contribution in [2.45, 2.75) is 27.5 Å². The number of halogens is 1. The number of carbonyl (C=O) groups excluding carboxylic acids is 2. The molecule has 0 spiro atoms. The Balaban J connectivity index is 0.000000144. The van der Waals surface area contributed by atoms with Crippen molar-refractivity contribution in [1.82, 2.24) is 0 Å². The quantitative estimate of drug-likeness (QED) is 0.270. The molecule has 7 heteroatoms. The average Bonchev–Trinajstić information content (AvgIpc) is 2.91. The molecule has 0 unspecified atom stereocenters. The van der Waals surface area contributed by atoms with E-state index in [4.69, 9.17) is 9.47 Å². The second-order valence-corrected chi connectivity index (χ2v) is 9.76. The lowest BCUT2D eigenvalue weighted by Crippen LogP contribution is -2.15. The number of fused-ring (bicyclic) bond motifs is 2. The van der Waals surface area contributed by atoms with Gasteiger partial charge in [-0.1, -0.05) is 48.2 Å². The monoisotopic (exact) mass is 532 g/mol. The fourth-order valence-electron chi connectivity index (χ4n) is 3.59. The lowest BCUT2D eigenvalue weighted by molar-refractivity contribution is 0.0924. The highest BCUT2D eigenvalue weighted by molar-refractivity contribution is 7.99. The average molecular weight is 533 g/mol. The second-order valence-electron chi connectivity index (χ2n) is 8.09. The van der Waals surface area contributed by atoms with Crippen LogP contribution >= 0.6 is 24.4 Å². The number of carbonyl (C=O) groups is 2. The number of hydrogen-bond donors (Lipinski definition) is 1. The van der Waals surface area contributed by atoms with Gasteiger partial charge in [0.25, 0.3) is 0 Å². The predicted octanol–water partition coefficient (Wildman–Crippen LogP) is 7.57. The van der Waals surface area contributed by atoms with Crippen molar-refractivity contribution >= 4 is 36.0 Å². The van der Waals surface area contributed by atoms with Gasteiger partial charge in [0.2, 0.25) is 0 Å². The van der Waals surface area contributed by atoms with Gasteiger partial charge in [-0.25, -0.2) is 4.39 Å². The van der Waals surface area contributed by atoms with E-state index < -0.39 is 0 Å². The van der Waals surface area contributed by atoms with E-state index in [1.165, 1.54) is 23.1 Å². The van der Waals surface area contributed by atoms with E-state index in [2.05, 4.69) is 24.8 Å². The largest absolute Gasteiger partial charge is 0.492 e. The van der Waals surface area contributed by atoms with Gasteiger partial charge in [-0.3, -0.25) is 9.59 Å². The Bertz CT molecular complexity index is 1360. The summed E-state index contributed by atoms with van der Waals surface area (Å²) in [5.74, 6) is 0.908. The van der Waals surface area contributed by atoms with Crippen molar-refractivity contribution < 1.29 is 23.5 Å². The first kappa shape index (κ1) is 26.5. The summed E-state index contributed by atoms with van der Waals surface area (Å²) in [7, 11) is 0. The third-order valence-electron chi connectivity index (χ3n) is 5.41. The minimum atomic E-state index is -0.372. The molecule has 0 atom stereocenters. The molecular formula is C30H25FO4S2. The SMILES string of the molecule is O=C1CCOc2cc(F)ccc21.O=C1CCOc2cc(Sc3ccccc3)ccc21.Sc1ccccc1. The third kappa shape index (κ3) is 7.71. The lowest BCUT2D eigenvalue weighted by atomic mass is 10.1. The van der Waals surface area contributed by atoms with Gasteiger partial charge in [0.1, 0.15) is 17.3 Å². The van der Waals surface area contributed by atoms with E-state index in [9.17, 15) is 14.0 Å². The van der Waals surface area contributed by atoms with Gasteiger partial charge in [0.15, 0.2) is 11.6 Å². The van der Waals surface area contributed by atoms with Crippen LogP contribution in [0.1, 0.15) is 33.6 Å². The molecule has 37 heavy (non-hydrogen) atoms. The van der Waals surface area contributed by atoms with Crippen LogP contribution in [-0.4, -0.2) is 24.8 Å². The van der Waals surface area contributed by atoms with E-state index in [0.717, 1.165) is 9.79 Å². The molecule has 0 aliphatic carbocycles. The van der Waals surface area contributed by atoms with Gasteiger partial charge in [0, 0.05) is 33.6 Å². The molecular weight excluding hydrogens is 507 g/mol. The highest BCUT2D eigenvalue weighted by atomic mass is 32.2. The van der Waals surface area contributed by atoms with Crippen LogP contribution in [0.3, 0.4) is 0 Å². The van der Waals surface area contributed by atoms with E-state index in [1.54, 1.807) is 11.8 Å². The maximum atomic E-state index is 12.6. The molecule has 2 aliphatic rings. The number of Topliss-reactive ketones (excluding diaryl/α,β-unsaturated/α-hetero) is 2. The number of ether oxygens (including phenoxy) is 2. The molecule has 0 saturated carbocycles. The molecule has 0 N–H and O–H groups in total. The lowest BCUT2D eigenvalue weighted by Gasteiger charge is -2.16. The van der Waals surface area contributed by atoms with Gasteiger partial charge in [-0.2, -0.15) is 0 Å². The van der Waals surface area contributed by atoms with Crippen LogP contribution in [0.25, 0.3) is 0 Å². The molecule has 0 fully saturated rings. The number of hydrogen-bond acceptors (Lipinski definition) is 6. The molecule has 4 nitrogen and oxygen atoms in total. The zero-order valence-corrected chi connectivity index (χ0v) is 21.6. The third-order valence-corrected chi connectivity index (χ3v) is 6.70.